The number of aromatic nitrogens is 1. The number of nitrogens with zero attached hydrogens (tertiary/aromatic N) is 1. The Kier molecular flexibility index (Phi) is 2.57. The molecule has 4 nitrogen and oxygen atoms in total. The molecule has 1 saturated heterocycles. The first-order valence-corrected chi connectivity index (χ1v) is 5.67. The maximum atomic E-state index is 5.83. The minimum absolute atomic E-state index is 0.235. The molecule has 2 heterocycles. The van der Waals surface area contributed by atoms with Crippen molar-refractivity contribution < 1.29 is 9.47 Å². The molecule has 3 rings (SSSR count). The number of pyridine rings is 1. The van der Waals surface area contributed by atoms with Crippen LogP contribution in [0.25, 0.3) is 10.8 Å². The molecule has 0 radical (unpaired) electrons. The summed E-state index contributed by atoms with van der Waals surface area (Å²) in [4.78, 5) is 4.30. The number of ether oxygens (including phenoxy) is 2. The molecule has 0 bridgehead atoms. The Morgan fingerprint density at radius 3 is 2.88 bits per heavy atom. The minimum Gasteiger partial charge on any atom is -0.497 e. The fraction of sp³-hybridized carbons (Fsp3) is 0.308. The van der Waals surface area contributed by atoms with E-state index in [4.69, 9.17) is 9.47 Å². The van der Waals surface area contributed by atoms with Crippen LogP contribution >= 0.6 is 0 Å². The van der Waals surface area contributed by atoms with Crippen molar-refractivity contribution in [3.05, 3.63) is 30.5 Å². The van der Waals surface area contributed by atoms with Gasteiger partial charge in [0.2, 0.25) is 5.88 Å². The molecule has 88 valence electrons. The first-order chi connectivity index (χ1) is 8.36. The van der Waals surface area contributed by atoms with Crippen molar-refractivity contribution >= 4 is 10.8 Å². The zero-order valence-electron chi connectivity index (χ0n) is 9.64. The van der Waals surface area contributed by atoms with Crippen LogP contribution in [0.4, 0.5) is 0 Å². The van der Waals surface area contributed by atoms with Crippen LogP contribution in [0.2, 0.25) is 0 Å². The van der Waals surface area contributed by atoms with Crippen LogP contribution in [0.1, 0.15) is 0 Å². The van der Waals surface area contributed by atoms with Crippen LogP contribution in [-0.4, -0.2) is 31.3 Å². The maximum absolute atomic E-state index is 5.83. The summed E-state index contributed by atoms with van der Waals surface area (Å²) in [6, 6.07) is 7.89. The Labute approximate surface area is 99.6 Å². The molecule has 1 fully saturated rings. The van der Waals surface area contributed by atoms with Gasteiger partial charge in [0.15, 0.2) is 0 Å². The van der Waals surface area contributed by atoms with Gasteiger partial charge in [0.1, 0.15) is 11.9 Å². The van der Waals surface area contributed by atoms with Gasteiger partial charge in [0.25, 0.3) is 0 Å². The van der Waals surface area contributed by atoms with E-state index in [1.54, 1.807) is 13.3 Å². The van der Waals surface area contributed by atoms with Crippen LogP contribution in [0, 0.1) is 0 Å². The van der Waals surface area contributed by atoms with Crippen LogP contribution < -0.4 is 14.8 Å². The second kappa shape index (κ2) is 4.22. The summed E-state index contributed by atoms with van der Waals surface area (Å²) >= 11 is 0. The van der Waals surface area contributed by atoms with E-state index in [1.165, 1.54) is 0 Å². The van der Waals surface area contributed by atoms with E-state index in [1.807, 2.05) is 24.3 Å². The lowest BCUT2D eigenvalue weighted by molar-refractivity contribution is 0.138. The normalized spacial score (nSPS) is 15.6. The van der Waals surface area contributed by atoms with E-state index < -0.39 is 0 Å². The predicted molar refractivity (Wildman–Crippen MR) is 65.6 cm³/mol. The van der Waals surface area contributed by atoms with Crippen molar-refractivity contribution in [2.75, 3.05) is 20.2 Å². The molecule has 0 amide bonds. The highest BCUT2D eigenvalue weighted by atomic mass is 16.5. The third-order valence-electron chi connectivity index (χ3n) is 2.96. The predicted octanol–water partition coefficient (Wildman–Crippen LogP) is 1.59. The van der Waals surface area contributed by atoms with E-state index in [-0.39, 0.29) is 6.10 Å². The molecule has 17 heavy (non-hydrogen) atoms. The molecular formula is C13H14N2O2. The summed E-state index contributed by atoms with van der Waals surface area (Å²) in [5.41, 5.74) is 0. The molecule has 1 aromatic carbocycles. The molecule has 2 aromatic rings. The number of benzene rings is 1. The molecule has 4 heteroatoms. The van der Waals surface area contributed by atoms with Gasteiger partial charge in [0, 0.05) is 24.7 Å². The van der Waals surface area contributed by atoms with E-state index in [0.29, 0.717) is 5.88 Å². The van der Waals surface area contributed by atoms with Crippen LogP contribution in [0.15, 0.2) is 30.5 Å². The van der Waals surface area contributed by atoms with Gasteiger partial charge in [-0.15, -0.1) is 0 Å². The largest absolute Gasteiger partial charge is 0.497 e. The van der Waals surface area contributed by atoms with Crippen LogP contribution in [-0.2, 0) is 0 Å². The van der Waals surface area contributed by atoms with E-state index in [9.17, 15) is 0 Å². The Morgan fingerprint density at radius 2 is 2.18 bits per heavy atom. The molecule has 0 aliphatic carbocycles. The molecule has 0 saturated carbocycles. The van der Waals surface area contributed by atoms with E-state index in [2.05, 4.69) is 10.3 Å². The summed E-state index contributed by atoms with van der Waals surface area (Å²) in [5.74, 6) is 1.51. The number of fused-ring (bicyclic) bond motifs is 1. The van der Waals surface area contributed by atoms with Gasteiger partial charge in [0.05, 0.1) is 7.11 Å². The van der Waals surface area contributed by atoms with Crippen molar-refractivity contribution in [1.82, 2.24) is 10.3 Å². The summed E-state index contributed by atoms with van der Waals surface area (Å²) < 4.78 is 11.1. The van der Waals surface area contributed by atoms with Crippen molar-refractivity contribution in [3.8, 4) is 11.6 Å². The van der Waals surface area contributed by atoms with Gasteiger partial charge in [-0.2, -0.15) is 0 Å². The minimum atomic E-state index is 0.235. The molecule has 0 atom stereocenters. The third kappa shape index (κ3) is 1.91. The Bertz CT molecular complexity index is 538. The summed E-state index contributed by atoms with van der Waals surface area (Å²) in [6.45, 7) is 1.78. The quantitative estimate of drug-likeness (QED) is 0.869. The SMILES string of the molecule is COc1ccc2ccnc(OC3CNC3)c2c1. The van der Waals surface area contributed by atoms with Crippen molar-refractivity contribution in [1.29, 1.82) is 0 Å². The monoisotopic (exact) mass is 230 g/mol. The molecular weight excluding hydrogens is 216 g/mol. The lowest BCUT2D eigenvalue weighted by atomic mass is 10.1. The number of hydrogen-bond donors (Lipinski definition) is 1. The van der Waals surface area contributed by atoms with Gasteiger partial charge < -0.3 is 14.8 Å². The smallest absolute Gasteiger partial charge is 0.221 e. The van der Waals surface area contributed by atoms with Gasteiger partial charge in [-0.05, 0) is 23.6 Å². The van der Waals surface area contributed by atoms with Crippen LogP contribution in [0.3, 0.4) is 0 Å². The Morgan fingerprint density at radius 1 is 1.29 bits per heavy atom. The summed E-state index contributed by atoms with van der Waals surface area (Å²) in [7, 11) is 1.66. The average Bonchev–Trinajstić information content (AvgIpc) is 2.33. The van der Waals surface area contributed by atoms with Gasteiger partial charge in [-0.3, -0.25) is 0 Å². The second-order valence-corrected chi connectivity index (χ2v) is 4.10. The zero-order valence-corrected chi connectivity index (χ0v) is 9.64. The van der Waals surface area contributed by atoms with Gasteiger partial charge >= 0.3 is 0 Å². The standard InChI is InChI=1S/C13H14N2O2/c1-16-10-3-2-9-4-5-15-13(12(9)6-10)17-11-7-14-8-11/h2-6,11,14H,7-8H2,1H3. The lowest BCUT2D eigenvalue weighted by Gasteiger charge is -2.27. The number of hydrogen-bond acceptors (Lipinski definition) is 4. The van der Waals surface area contributed by atoms with E-state index >= 15 is 0 Å². The molecule has 0 spiro atoms. The number of nitrogens with one attached hydrogen (secondary N) is 1. The average molecular weight is 230 g/mol. The topological polar surface area (TPSA) is 43.4 Å². The van der Waals surface area contributed by atoms with E-state index in [0.717, 1.165) is 29.6 Å². The second-order valence-electron chi connectivity index (χ2n) is 4.10. The van der Waals surface area contributed by atoms with Gasteiger partial charge in [-0.25, -0.2) is 4.98 Å². The maximum Gasteiger partial charge on any atom is 0.221 e. The zero-order chi connectivity index (χ0) is 11.7. The Hall–Kier alpha value is -1.81. The van der Waals surface area contributed by atoms with Crippen molar-refractivity contribution in [2.24, 2.45) is 0 Å². The molecule has 1 N–H and O–H groups in total. The third-order valence-corrected chi connectivity index (χ3v) is 2.96. The summed E-state index contributed by atoms with van der Waals surface area (Å²) in [5, 5.41) is 5.29. The first-order valence-electron chi connectivity index (χ1n) is 5.67. The number of rotatable bonds is 3. The fourth-order valence-corrected chi connectivity index (χ4v) is 1.85. The van der Waals surface area contributed by atoms with Crippen molar-refractivity contribution in [3.63, 3.8) is 0 Å². The van der Waals surface area contributed by atoms with Gasteiger partial charge in [-0.1, -0.05) is 6.07 Å². The molecule has 1 aromatic heterocycles. The van der Waals surface area contributed by atoms with Crippen LogP contribution in [0.5, 0.6) is 11.6 Å². The molecule has 1 aliphatic rings. The lowest BCUT2D eigenvalue weighted by Crippen LogP contribution is -2.50. The molecule has 1 aliphatic heterocycles. The Balaban J connectivity index is 2.02. The highest BCUT2D eigenvalue weighted by molar-refractivity contribution is 5.87. The molecule has 0 unspecified atom stereocenters. The fourth-order valence-electron chi connectivity index (χ4n) is 1.85. The number of methoxy groups -OCH3 is 1. The first kappa shape index (κ1) is 10.4. The van der Waals surface area contributed by atoms with Crippen molar-refractivity contribution in [2.45, 2.75) is 6.10 Å². The highest BCUT2D eigenvalue weighted by Gasteiger charge is 2.19. The highest BCUT2D eigenvalue weighted by Crippen LogP contribution is 2.28. The summed E-state index contributed by atoms with van der Waals surface area (Å²) in [6.07, 6.45) is 2.01.